The van der Waals surface area contributed by atoms with Gasteiger partial charge in [-0.1, -0.05) is 35.7 Å². The summed E-state index contributed by atoms with van der Waals surface area (Å²) in [7, 11) is 0. The van der Waals surface area contributed by atoms with E-state index in [1.54, 1.807) is 55.1 Å². The predicted molar refractivity (Wildman–Crippen MR) is 168 cm³/mol. The molecule has 13 heteroatoms. The molecule has 5 rings (SSSR count). The normalized spacial score (nSPS) is 11.0. The first-order chi connectivity index (χ1) is 20.6. The van der Waals surface area contributed by atoms with Gasteiger partial charge in [0.25, 0.3) is 11.5 Å². The van der Waals surface area contributed by atoms with Crippen molar-refractivity contribution in [3.63, 3.8) is 0 Å². The first-order valence-electron chi connectivity index (χ1n) is 13.1. The Morgan fingerprint density at radius 3 is 2.26 bits per heavy atom. The van der Waals surface area contributed by atoms with Crippen LogP contribution >= 0.6 is 23.5 Å². The maximum atomic E-state index is 12.5. The number of pyridine rings is 3. The van der Waals surface area contributed by atoms with Crippen molar-refractivity contribution in [3.8, 4) is 11.4 Å². The molecule has 5 heterocycles. The predicted octanol–water partition coefficient (Wildman–Crippen LogP) is 4.65. The second-order valence-corrected chi connectivity index (χ2v) is 11.7. The van der Waals surface area contributed by atoms with Gasteiger partial charge in [0, 0.05) is 42.1 Å². The van der Waals surface area contributed by atoms with E-state index in [0.717, 1.165) is 5.39 Å². The second-order valence-electron chi connectivity index (χ2n) is 10.1. The summed E-state index contributed by atoms with van der Waals surface area (Å²) in [5, 5.41) is 4.87. The Hall–Kier alpha value is -4.49. The van der Waals surface area contributed by atoms with Gasteiger partial charge < -0.3 is 10.3 Å². The Morgan fingerprint density at radius 2 is 1.53 bits per heavy atom. The van der Waals surface area contributed by atoms with Gasteiger partial charge in [0.15, 0.2) is 16.1 Å². The molecule has 11 nitrogen and oxygen atoms in total. The Balaban J connectivity index is 0.000000202. The lowest BCUT2D eigenvalue weighted by atomic mass is 10.0. The highest BCUT2D eigenvalue weighted by Gasteiger charge is 2.21. The van der Waals surface area contributed by atoms with Crippen LogP contribution in [0.5, 0.6) is 0 Å². The highest BCUT2D eigenvalue weighted by atomic mass is 32.2. The van der Waals surface area contributed by atoms with Gasteiger partial charge in [-0.25, -0.2) is 19.9 Å². The van der Waals surface area contributed by atoms with Crippen LogP contribution in [0.1, 0.15) is 47.3 Å². The molecular weight excluding hydrogens is 585 g/mol. The third kappa shape index (κ3) is 8.52. The zero-order valence-corrected chi connectivity index (χ0v) is 25.9. The van der Waals surface area contributed by atoms with Crippen molar-refractivity contribution >= 4 is 46.1 Å². The maximum Gasteiger partial charge on any atom is 0.274 e. The molecule has 0 bridgehead atoms. The van der Waals surface area contributed by atoms with Crippen LogP contribution in [0.25, 0.3) is 22.3 Å². The van der Waals surface area contributed by atoms with Crippen LogP contribution in [0.4, 0.5) is 0 Å². The Morgan fingerprint density at radius 1 is 0.860 bits per heavy atom. The maximum absolute atomic E-state index is 12.5. The summed E-state index contributed by atoms with van der Waals surface area (Å²) in [4.78, 5) is 64.6. The van der Waals surface area contributed by atoms with Crippen molar-refractivity contribution in [1.82, 2.24) is 40.2 Å². The van der Waals surface area contributed by atoms with E-state index >= 15 is 0 Å². The van der Waals surface area contributed by atoms with Gasteiger partial charge >= 0.3 is 0 Å². The lowest BCUT2D eigenvalue weighted by Crippen LogP contribution is -2.41. The minimum atomic E-state index is -0.379. The lowest BCUT2D eigenvalue weighted by molar-refractivity contribution is 0.0913. The standard InChI is InChI=1S/C17H20N4O2S.C13H10N4OS/c1-17(2,3)21-15(23)14-11(6-5-8-18-14)10-13(22)12-7-9-19-16(20-12)24-4;1-19-13-15-6-4-9(17-13)10-7-8-3-2-5-14-11(8)12(18)16-10/h5-9H,10H2,1-4H3,(H,21,23);2-7H,1H3,(H,16,18). The lowest BCUT2D eigenvalue weighted by Gasteiger charge is -2.20. The van der Waals surface area contributed by atoms with Crippen LogP contribution in [0.3, 0.4) is 0 Å². The molecule has 0 aliphatic rings. The van der Waals surface area contributed by atoms with Crippen LogP contribution in [0.15, 0.2) is 82.4 Å². The van der Waals surface area contributed by atoms with E-state index in [2.05, 4.69) is 40.2 Å². The number of fused-ring (bicyclic) bond motifs is 1. The number of carbonyl (C=O) groups excluding carboxylic acids is 2. The molecule has 0 fully saturated rings. The number of hydrogen-bond acceptors (Lipinski definition) is 11. The zero-order chi connectivity index (χ0) is 31.0. The number of amides is 1. The monoisotopic (exact) mass is 614 g/mol. The second kappa shape index (κ2) is 14.1. The van der Waals surface area contributed by atoms with Crippen molar-refractivity contribution in [3.05, 3.63) is 94.6 Å². The van der Waals surface area contributed by atoms with E-state index in [4.69, 9.17) is 0 Å². The molecular formula is C30H30N8O3S2. The Kier molecular flexibility index (Phi) is 10.3. The smallest absolute Gasteiger partial charge is 0.274 e. The zero-order valence-electron chi connectivity index (χ0n) is 24.3. The minimum absolute atomic E-state index is 0.0611. The first-order valence-corrected chi connectivity index (χ1v) is 15.5. The van der Waals surface area contributed by atoms with E-state index in [0.29, 0.717) is 38.5 Å². The molecule has 43 heavy (non-hydrogen) atoms. The summed E-state index contributed by atoms with van der Waals surface area (Å²) < 4.78 is 0. The SMILES string of the molecule is CSc1nccc(-c2cc3cccnc3c(=O)[nH]2)n1.CSc1nccc(C(=O)Cc2cccnc2C(=O)NC(C)(C)C)n1. The highest BCUT2D eigenvalue weighted by molar-refractivity contribution is 7.98. The van der Waals surface area contributed by atoms with Gasteiger partial charge in [-0.15, -0.1) is 0 Å². The molecule has 5 aromatic heterocycles. The molecule has 0 spiro atoms. The fourth-order valence-corrected chi connectivity index (χ4v) is 4.58. The van der Waals surface area contributed by atoms with Gasteiger partial charge in [0.2, 0.25) is 0 Å². The molecule has 5 aromatic rings. The van der Waals surface area contributed by atoms with Crippen molar-refractivity contribution in [2.24, 2.45) is 0 Å². The minimum Gasteiger partial charge on any atom is -0.346 e. The van der Waals surface area contributed by atoms with Gasteiger partial charge in [0.05, 0.1) is 11.4 Å². The van der Waals surface area contributed by atoms with Crippen molar-refractivity contribution in [2.45, 2.75) is 43.0 Å². The van der Waals surface area contributed by atoms with E-state index < -0.39 is 0 Å². The van der Waals surface area contributed by atoms with Crippen molar-refractivity contribution in [1.29, 1.82) is 0 Å². The number of thioether (sulfide) groups is 2. The molecule has 0 saturated carbocycles. The summed E-state index contributed by atoms with van der Waals surface area (Å²) >= 11 is 2.83. The molecule has 0 radical (unpaired) electrons. The summed E-state index contributed by atoms with van der Waals surface area (Å²) in [6.45, 7) is 5.68. The quantitative estimate of drug-likeness (QED) is 0.149. The topological polar surface area (TPSA) is 156 Å². The van der Waals surface area contributed by atoms with Crippen LogP contribution < -0.4 is 10.9 Å². The summed E-state index contributed by atoms with van der Waals surface area (Å²) in [5.74, 6) is -0.469. The largest absolute Gasteiger partial charge is 0.346 e. The molecule has 0 atom stereocenters. The number of aromatic amines is 1. The van der Waals surface area contributed by atoms with Crippen LogP contribution in [0.2, 0.25) is 0 Å². The molecule has 220 valence electrons. The number of nitrogens with zero attached hydrogens (tertiary/aromatic N) is 6. The van der Waals surface area contributed by atoms with Gasteiger partial charge in [-0.2, -0.15) is 0 Å². The van der Waals surface area contributed by atoms with Crippen molar-refractivity contribution in [2.75, 3.05) is 12.5 Å². The summed E-state index contributed by atoms with van der Waals surface area (Å²) in [6, 6.07) is 12.3. The molecule has 0 unspecified atom stereocenters. The Labute approximate surface area is 256 Å². The summed E-state index contributed by atoms with van der Waals surface area (Å²) in [5.41, 5.74) is 2.39. The molecule has 1 amide bonds. The third-order valence-corrected chi connectivity index (χ3v) is 6.87. The fourth-order valence-electron chi connectivity index (χ4n) is 3.87. The number of carbonyl (C=O) groups is 2. The molecule has 0 saturated heterocycles. The van der Waals surface area contributed by atoms with Crippen LogP contribution in [-0.4, -0.2) is 64.6 Å². The number of rotatable bonds is 7. The number of Topliss-reactive ketones (excluding diaryl/α,β-unsaturated/α-hetero) is 1. The number of H-pyrrole nitrogens is 1. The number of hydrogen-bond donors (Lipinski definition) is 2. The average Bonchev–Trinajstić information content (AvgIpc) is 3.01. The van der Waals surface area contributed by atoms with Gasteiger partial charge in [-0.3, -0.25) is 24.4 Å². The number of aromatic nitrogens is 7. The molecule has 0 aliphatic carbocycles. The van der Waals surface area contributed by atoms with Gasteiger partial charge in [0.1, 0.15) is 16.9 Å². The van der Waals surface area contributed by atoms with E-state index in [-0.39, 0.29) is 34.9 Å². The van der Waals surface area contributed by atoms with Crippen molar-refractivity contribution < 1.29 is 9.59 Å². The number of ketones is 1. The third-order valence-electron chi connectivity index (χ3n) is 5.74. The first kappa shape index (κ1) is 31.4. The molecule has 0 aromatic carbocycles. The highest BCUT2D eigenvalue weighted by Crippen LogP contribution is 2.19. The fraction of sp³-hybridized carbons (Fsp3) is 0.233. The molecule has 0 aliphatic heterocycles. The Bertz CT molecular complexity index is 1820. The van der Waals surface area contributed by atoms with Gasteiger partial charge in [-0.05, 0) is 69.2 Å². The number of nitrogens with one attached hydrogen (secondary N) is 2. The van der Waals surface area contributed by atoms with E-state index in [9.17, 15) is 14.4 Å². The molecule has 2 N–H and O–H groups in total. The summed E-state index contributed by atoms with van der Waals surface area (Å²) in [6.07, 6.45) is 10.2. The van der Waals surface area contributed by atoms with Crippen LogP contribution in [-0.2, 0) is 6.42 Å². The van der Waals surface area contributed by atoms with E-state index in [1.807, 2.05) is 45.4 Å². The average molecular weight is 615 g/mol. The van der Waals surface area contributed by atoms with E-state index in [1.165, 1.54) is 23.5 Å². The van der Waals surface area contributed by atoms with Crippen LogP contribution in [0, 0.1) is 0 Å².